The van der Waals surface area contributed by atoms with Crippen LogP contribution in [0.25, 0.3) is 0 Å². The lowest BCUT2D eigenvalue weighted by Crippen LogP contribution is -2.41. The van der Waals surface area contributed by atoms with Crippen molar-refractivity contribution < 1.29 is 9.53 Å². The van der Waals surface area contributed by atoms with E-state index in [0.717, 1.165) is 25.1 Å². The Labute approximate surface area is 153 Å². The molecular formula is C19H21N3O2S. The molecule has 1 aliphatic heterocycles. The van der Waals surface area contributed by atoms with Crippen molar-refractivity contribution >= 4 is 29.0 Å². The molecule has 1 aromatic carbocycles. The number of rotatable bonds is 3. The fourth-order valence-corrected chi connectivity index (χ4v) is 3.43. The van der Waals surface area contributed by atoms with E-state index in [9.17, 15) is 4.79 Å². The molecule has 0 spiro atoms. The number of hydrogen-bond donors (Lipinski definition) is 1. The molecule has 1 fully saturated rings. The summed E-state index contributed by atoms with van der Waals surface area (Å²) in [5.74, 6) is -0.346. The highest BCUT2D eigenvalue weighted by molar-refractivity contribution is 7.80. The van der Waals surface area contributed by atoms with E-state index in [-0.39, 0.29) is 12.0 Å². The first-order valence-electron chi connectivity index (χ1n) is 8.35. The maximum absolute atomic E-state index is 11.5. The van der Waals surface area contributed by atoms with Gasteiger partial charge in [-0.15, -0.1) is 0 Å². The first kappa shape index (κ1) is 17.4. The summed E-state index contributed by atoms with van der Waals surface area (Å²) in [5, 5.41) is 3.97. The summed E-state index contributed by atoms with van der Waals surface area (Å²) in [6.07, 6.45) is 7.08. The van der Waals surface area contributed by atoms with Gasteiger partial charge in [0.25, 0.3) is 0 Å². The molecule has 0 bridgehead atoms. The minimum Gasteiger partial charge on any atom is -0.465 e. The van der Waals surface area contributed by atoms with E-state index in [1.54, 1.807) is 18.3 Å². The first-order valence-corrected chi connectivity index (χ1v) is 8.76. The normalized spacial score (nSPS) is 17.0. The van der Waals surface area contributed by atoms with Gasteiger partial charge in [0.15, 0.2) is 5.11 Å². The molecule has 25 heavy (non-hydrogen) atoms. The number of ether oxygens (including phenoxy) is 1. The largest absolute Gasteiger partial charge is 0.465 e. The summed E-state index contributed by atoms with van der Waals surface area (Å²) in [6.45, 7) is 0.922. The van der Waals surface area contributed by atoms with Crippen molar-refractivity contribution in [3.8, 4) is 0 Å². The third-order valence-corrected chi connectivity index (χ3v) is 4.73. The zero-order valence-corrected chi connectivity index (χ0v) is 15.0. The summed E-state index contributed by atoms with van der Waals surface area (Å²) in [7, 11) is 1.37. The van der Waals surface area contributed by atoms with Crippen molar-refractivity contribution in [3.05, 3.63) is 59.9 Å². The number of nitrogens with one attached hydrogen (secondary N) is 1. The number of thiocarbonyl (C=S) groups is 1. The van der Waals surface area contributed by atoms with Gasteiger partial charge in [-0.2, -0.15) is 0 Å². The molecule has 0 amide bonds. The van der Waals surface area contributed by atoms with Crippen molar-refractivity contribution in [2.75, 3.05) is 19.0 Å². The van der Waals surface area contributed by atoms with Crippen molar-refractivity contribution in [1.82, 2.24) is 9.88 Å². The van der Waals surface area contributed by atoms with Crippen LogP contribution in [0.15, 0.2) is 48.8 Å². The highest BCUT2D eigenvalue weighted by Gasteiger charge is 2.26. The summed E-state index contributed by atoms with van der Waals surface area (Å²) < 4.78 is 4.72. The smallest absolute Gasteiger partial charge is 0.337 e. The van der Waals surface area contributed by atoms with E-state index >= 15 is 0 Å². The van der Waals surface area contributed by atoms with E-state index in [1.807, 2.05) is 24.4 Å². The molecule has 0 aliphatic carbocycles. The van der Waals surface area contributed by atoms with Crippen LogP contribution in [-0.4, -0.2) is 34.6 Å². The van der Waals surface area contributed by atoms with Gasteiger partial charge in [-0.05, 0) is 67.4 Å². The Hall–Kier alpha value is -2.47. The number of methoxy groups -OCH3 is 1. The molecule has 1 aliphatic rings. The molecule has 3 rings (SSSR count). The topological polar surface area (TPSA) is 54.5 Å². The average Bonchev–Trinajstić information content (AvgIpc) is 2.68. The van der Waals surface area contributed by atoms with Crippen LogP contribution in [0.4, 0.5) is 5.69 Å². The SMILES string of the molecule is COC(=O)c1ccc(NC(=S)N2CCCC[C@H]2c2cccnc2)cc1. The number of esters is 1. The first-order chi connectivity index (χ1) is 12.2. The van der Waals surface area contributed by atoms with Crippen LogP contribution >= 0.6 is 12.2 Å². The van der Waals surface area contributed by atoms with E-state index in [4.69, 9.17) is 17.0 Å². The maximum Gasteiger partial charge on any atom is 0.337 e. The van der Waals surface area contributed by atoms with Crippen molar-refractivity contribution in [2.24, 2.45) is 0 Å². The van der Waals surface area contributed by atoms with Gasteiger partial charge in [0.2, 0.25) is 0 Å². The van der Waals surface area contributed by atoms with Crippen molar-refractivity contribution in [3.63, 3.8) is 0 Å². The number of nitrogens with zero attached hydrogens (tertiary/aromatic N) is 2. The van der Waals surface area contributed by atoms with E-state index in [0.29, 0.717) is 10.7 Å². The van der Waals surface area contributed by atoms with Crippen molar-refractivity contribution in [2.45, 2.75) is 25.3 Å². The molecule has 0 radical (unpaired) electrons. The Morgan fingerprint density at radius 3 is 2.76 bits per heavy atom. The minimum absolute atomic E-state index is 0.247. The lowest BCUT2D eigenvalue weighted by Gasteiger charge is -2.37. The molecule has 1 saturated heterocycles. The molecule has 5 nitrogen and oxygen atoms in total. The molecule has 2 heterocycles. The van der Waals surface area contributed by atoms with E-state index in [1.165, 1.54) is 19.1 Å². The van der Waals surface area contributed by atoms with E-state index < -0.39 is 0 Å². The standard InChI is InChI=1S/C19H21N3O2S/c1-24-18(23)14-7-9-16(10-8-14)21-19(25)22-12-3-2-6-17(22)15-5-4-11-20-13-15/h4-5,7-11,13,17H,2-3,6,12H2,1H3,(H,21,25)/t17-/m0/s1. The van der Waals surface area contributed by atoms with Gasteiger partial charge in [-0.3, -0.25) is 4.98 Å². The molecule has 1 atom stereocenters. The average molecular weight is 355 g/mol. The number of anilines is 1. The number of piperidine rings is 1. The summed E-state index contributed by atoms with van der Waals surface area (Å²) in [6, 6.07) is 11.4. The van der Waals surface area contributed by atoms with Gasteiger partial charge in [-0.25, -0.2) is 4.79 Å². The number of likely N-dealkylation sites (tertiary alicyclic amines) is 1. The van der Waals surface area contributed by atoms with Gasteiger partial charge in [0.05, 0.1) is 18.7 Å². The number of aromatic nitrogens is 1. The molecule has 6 heteroatoms. The van der Waals surface area contributed by atoms with Gasteiger partial charge in [0, 0.05) is 24.6 Å². The van der Waals surface area contributed by atoms with Crippen LogP contribution in [0.2, 0.25) is 0 Å². The lowest BCUT2D eigenvalue weighted by atomic mass is 9.97. The Morgan fingerprint density at radius 1 is 1.28 bits per heavy atom. The van der Waals surface area contributed by atoms with Crippen LogP contribution in [-0.2, 0) is 4.74 Å². The van der Waals surface area contributed by atoms with Crippen LogP contribution < -0.4 is 5.32 Å². The predicted molar refractivity (Wildman–Crippen MR) is 102 cm³/mol. The number of hydrogen-bond acceptors (Lipinski definition) is 4. The van der Waals surface area contributed by atoms with Crippen LogP contribution in [0, 0.1) is 0 Å². The summed E-state index contributed by atoms with van der Waals surface area (Å²) in [5.41, 5.74) is 2.56. The van der Waals surface area contributed by atoms with E-state index in [2.05, 4.69) is 21.3 Å². The fraction of sp³-hybridized carbons (Fsp3) is 0.316. The molecule has 1 N–H and O–H groups in total. The zero-order valence-electron chi connectivity index (χ0n) is 14.1. The molecule has 0 saturated carbocycles. The second kappa shape index (κ2) is 8.07. The van der Waals surface area contributed by atoms with Crippen LogP contribution in [0.5, 0.6) is 0 Å². The molecule has 1 aromatic heterocycles. The second-order valence-corrected chi connectivity index (χ2v) is 6.38. The third-order valence-electron chi connectivity index (χ3n) is 4.39. The Bertz CT molecular complexity index is 734. The lowest BCUT2D eigenvalue weighted by molar-refractivity contribution is 0.0601. The highest BCUT2D eigenvalue weighted by atomic mass is 32.1. The minimum atomic E-state index is -0.346. The molecule has 130 valence electrons. The highest BCUT2D eigenvalue weighted by Crippen LogP contribution is 2.31. The van der Waals surface area contributed by atoms with Gasteiger partial charge >= 0.3 is 5.97 Å². The summed E-state index contributed by atoms with van der Waals surface area (Å²) in [4.78, 5) is 18.0. The molecular weight excluding hydrogens is 334 g/mol. The van der Waals surface area contributed by atoms with Gasteiger partial charge in [0.1, 0.15) is 0 Å². The zero-order chi connectivity index (χ0) is 17.6. The van der Waals surface area contributed by atoms with Gasteiger partial charge in [-0.1, -0.05) is 6.07 Å². The predicted octanol–water partition coefficient (Wildman–Crippen LogP) is 3.79. The van der Waals surface area contributed by atoms with Gasteiger partial charge < -0.3 is 15.0 Å². The molecule has 0 unspecified atom stereocenters. The van der Waals surface area contributed by atoms with Crippen molar-refractivity contribution in [1.29, 1.82) is 0 Å². The number of benzene rings is 1. The number of carbonyl (C=O) groups excluding carboxylic acids is 1. The quantitative estimate of drug-likeness (QED) is 0.668. The Morgan fingerprint density at radius 2 is 2.08 bits per heavy atom. The maximum atomic E-state index is 11.5. The number of carbonyl (C=O) groups is 1. The summed E-state index contributed by atoms with van der Waals surface area (Å²) >= 11 is 5.64. The Kier molecular flexibility index (Phi) is 5.60. The Balaban J connectivity index is 1.71. The molecule has 2 aromatic rings. The van der Waals surface area contributed by atoms with Crippen LogP contribution in [0.3, 0.4) is 0 Å². The number of pyridine rings is 1. The fourth-order valence-electron chi connectivity index (χ4n) is 3.10. The van der Waals surface area contributed by atoms with Crippen LogP contribution in [0.1, 0.15) is 41.2 Å². The monoisotopic (exact) mass is 355 g/mol. The second-order valence-electron chi connectivity index (χ2n) is 5.99. The third kappa shape index (κ3) is 4.14.